The van der Waals surface area contributed by atoms with E-state index in [1.807, 2.05) is 18.2 Å². The molecule has 0 radical (unpaired) electrons. The van der Waals surface area contributed by atoms with Gasteiger partial charge in [0.05, 0.1) is 13.7 Å². The quantitative estimate of drug-likeness (QED) is 0.876. The first-order valence-electron chi connectivity index (χ1n) is 8.53. The first kappa shape index (κ1) is 17.5. The molecule has 0 saturated carbocycles. The Balaban J connectivity index is 1.57. The highest BCUT2D eigenvalue weighted by Gasteiger charge is 2.28. The predicted molar refractivity (Wildman–Crippen MR) is 92.6 cm³/mol. The third-order valence-electron chi connectivity index (χ3n) is 4.89. The number of ether oxygens (including phenoxy) is 2. The third-order valence-corrected chi connectivity index (χ3v) is 6.47. The summed E-state index contributed by atoms with van der Waals surface area (Å²) >= 11 is 0. The molecule has 6 nitrogen and oxygen atoms in total. The van der Waals surface area contributed by atoms with Crippen LogP contribution in [0.1, 0.15) is 25.3 Å². The molecule has 0 bridgehead atoms. The Morgan fingerprint density at radius 1 is 1.33 bits per heavy atom. The number of hydrogen-bond donors (Lipinski definition) is 1. The van der Waals surface area contributed by atoms with E-state index in [-0.39, 0.29) is 5.92 Å². The Morgan fingerprint density at radius 3 is 2.79 bits per heavy atom. The molecule has 24 heavy (non-hydrogen) atoms. The number of para-hydroxylation sites is 1. The lowest BCUT2D eigenvalue weighted by atomic mass is 9.96. The molecule has 3 rings (SSSR count). The van der Waals surface area contributed by atoms with E-state index in [9.17, 15) is 8.42 Å². The zero-order valence-electron chi connectivity index (χ0n) is 14.3. The second-order valence-corrected chi connectivity index (χ2v) is 8.52. The molecule has 2 aliphatic rings. The van der Waals surface area contributed by atoms with Crippen molar-refractivity contribution in [1.29, 1.82) is 0 Å². The van der Waals surface area contributed by atoms with E-state index in [4.69, 9.17) is 9.47 Å². The highest BCUT2D eigenvalue weighted by atomic mass is 32.2. The van der Waals surface area contributed by atoms with E-state index in [0.29, 0.717) is 32.2 Å². The highest BCUT2D eigenvalue weighted by molar-refractivity contribution is 7.87. The molecule has 0 aliphatic carbocycles. The zero-order chi connectivity index (χ0) is 17.2. The van der Waals surface area contributed by atoms with Crippen LogP contribution in [0.5, 0.6) is 11.5 Å². The Morgan fingerprint density at radius 2 is 2.08 bits per heavy atom. The molecule has 0 amide bonds. The number of methoxy groups -OCH3 is 1. The Hall–Kier alpha value is -1.31. The minimum atomic E-state index is -3.39. The van der Waals surface area contributed by atoms with Gasteiger partial charge >= 0.3 is 0 Å². The smallest absolute Gasteiger partial charge is 0.279 e. The molecule has 2 heterocycles. The number of nitrogens with zero attached hydrogens (tertiary/aromatic N) is 1. The summed E-state index contributed by atoms with van der Waals surface area (Å²) in [4.78, 5) is 0. The van der Waals surface area contributed by atoms with Crippen LogP contribution in [0.25, 0.3) is 0 Å². The van der Waals surface area contributed by atoms with Gasteiger partial charge in [-0.2, -0.15) is 12.7 Å². The molecular formula is C17H26N2O4S. The van der Waals surface area contributed by atoms with E-state index >= 15 is 0 Å². The maximum Gasteiger partial charge on any atom is 0.279 e. The minimum Gasteiger partial charge on any atom is -0.493 e. The minimum absolute atomic E-state index is 0.128. The van der Waals surface area contributed by atoms with Crippen LogP contribution in [0, 0.1) is 11.8 Å². The lowest BCUT2D eigenvalue weighted by Gasteiger charge is -2.31. The largest absolute Gasteiger partial charge is 0.493 e. The first-order valence-corrected chi connectivity index (χ1v) is 9.97. The summed E-state index contributed by atoms with van der Waals surface area (Å²) in [6.45, 7) is 4.27. The van der Waals surface area contributed by atoms with Crippen molar-refractivity contribution in [3.8, 4) is 11.5 Å². The van der Waals surface area contributed by atoms with Gasteiger partial charge < -0.3 is 9.47 Å². The molecule has 0 aromatic heterocycles. The van der Waals surface area contributed by atoms with Crippen molar-refractivity contribution in [3.05, 3.63) is 23.8 Å². The van der Waals surface area contributed by atoms with Crippen molar-refractivity contribution in [2.75, 3.05) is 33.4 Å². The Labute approximate surface area is 144 Å². The van der Waals surface area contributed by atoms with Crippen LogP contribution in [0.2, 0.25) is 0 Å². The molecule has 1 fully saturated rings. The van der Waals surface area contributed by atoms with Gasteiger partial charge in [0.15, 0.2) is 11.5 Å². The van der Waals surface area contributed by atoms with Gasteiger partial charge in [0.1, 0.15) is 0 Å². The Bertz CT molecular complexity index is 669. The molecule has 1 atom stereocenters. The van der Waals surface area contributed by atoms with Crippen molar-refractivity contribution >= 4 is 10.2 Å². The number of fused-ring (bicyclic) bond motifs is 1. The number of hydrogen-bond acceptors (Lipinski definition) is 4. The fraction of sp³-hybridized carbons (Fsp3) is 0.647. The fourth-order valence-corrected chi connectivity index (χ4v) is 4.61. The van der Waals surface area contributed by atoms with Crippen molar-refractivity contribution in [3.63, 3.8) is 0 Å². The van der Waals surface area contributed by atoms with Gasteiger partial charge in [0.25, 0.3) is 10.2 Å². The molecular weight excluding hydrogens is 328 g/mol. The van der Waals surface area contributed by atoms with Gasteiger partial charge in [-0.25, -0.2) is 4.72 Å². The average molecular weight is 354 g/mol. The highest BCUT2D eigenvalue weighted by Crippen LogP contribution is 2.35. The summed E-state index contributed by atoms with van der Waals surface area (Å²) in [5, 5.41) is 0. The van der Waals surface area contributed by atoms with Crippen molar-refractivity contribution in [2.45, 2.75) is 26.2 Å². The average Bonchev–Trinajstić information content (AvgIpc) is 2.59. The summed E-state index contributed by atoms with van der Waals surface area (Å²) in [5.41, 5.74) is 1.07. The summed E-state index contributed by atoms with van der Waals surface area (Å²) < 4.78 is 40.3. The third kappa shape index (κ3) is 3.84. The molecule has 0 unspecified atom stereocenters. The van der Waals surface area contributed by atoms with Crippen LogP contribution >= 0.6 is 0 Å². The maximum absolute atomic E-state index is 12.4. The van der Waals surface area contributed by atoms with Crippen molar-refractivity contribution in [1.82, 2.24) is 9.03 Å². The lowest BCUT2D eigenvalue weighted by molar-refractivity contribution is 0.212. The van der Waals surface area contributed by atoms with E-state index < -0.39 is 10.2 Å². The van der Waals surface area contributed by atoms with Gasteiger partial charge in [0, 0.05) is 25.6 Å². The first-order chi connectivity index (χ1) is 11.5. The van der Waals surface area contributed by atoms with Gasteiger partial charge in [-0.15, -0.1) is 0 Å². The molecule has 1 aromatic carbocycles. The van der Waals surface area contributed by atoms with Crippen LogP contribution in [-0.2, 0) is 16.6 Å². The Kier molecular flexibility index (Phi) is 5.32. The van der Waals surface area contributed by atoms with Crippen LogP contribution in [-0.4, -0.2) is 46.1 Å². The predicted octanol–water partition coefficient (Wildman–Crippen LogP) is 1.81. The SMILES string of the molecule is COc1cccc2c1OC[C@@H](CNS(=O)(=O)N1CCC(C)CC1)C2. The number of piperidine rings is 1. The van der Waals surface area contributed by atoms with E-state index in [1.54, 1.807) is 11.4 Å². The summed E-state index contributed by atoms with van der Waals surface area (Å²) in [7, 11) is -1.77. The second-order valence-electron chi connectivity index (χ2n) is 6.76. The van der Waals surface area contributed by atoms with Gasteiger partial charge in [-0.1, -0.05) is 19.1 Å². The van der Waals surface area contributed by atoms with Crippen LogP contribution in [0.4, 0.5) is 0 Å². The van der Waals surface area contributed by atoms with E-state index in [0.717, 1.165) is 36.3 Å². The summed E-state index contributed by atoms with van der Waals surface area (Å²) in [6, 6.07) is 5.81. The molecule has 0 spiro atoms. The van der Waals surface area contributed by atoms with Gasteiger partial charge in [-0.05, 0) is 36.8 Å². The number of benzene rings is 1. The molecule has 7 heteroatoms. The summed E-state index contributed by atoms with van der Waals surface area (Å²) in [6.07, 6.45) is 2.65. The monoisotopic (exact) mass is 354 g/mol. The normalized spacial score (nSPS) is 22.7. The zero-order valence-corrected chi connectivity index (χ0v) is 15.1. The van der Waals surface area contributed by atoms with Crippen molar-refractivity contribution in [2.24, 2.45) is 11.8 Å². The number of rotatable bonds is 5. The molecule has 1 N–H and O–H groups in total. The molecule has 1 saturated heterocycles. The van der Waals surface area contributed by atoms with E-state index in [2.05, 4.69) is 11.6 Å². The fourth-order valence-electron chi connectivity index (χ4n) is 3.29. The second kappa shape index (κ2) is 7.29. The van der Waals surface area contributed by atoms with Gasteiger partial charge in [-0.3, -0.25) is 0 Å². The number of nitrogens with one attached hydrogen (secondary N) is 1. The summed E-state index contributed by atoms with van der Waals surface area (Å²) in [5.74, 6) is 2.25. The maximum atomic E-state index is 12.4. The molecule has 1 aromatic rings. The van der Waals surface area contributed by atoms with E-state index in [1.165, 1.54) is 0 Å². The van der Waals surface area contributed by atoms with Crippen LogP contribution in [0.15, 0.2) is 18.2 Å². The molecule has 2 aliphatic heterocycles. The lowest BCUT2D eigenvalue weighted by Crippen LogP contribution is -2.46. The van der Waals surface area contributed by atoms with Crippen LogP contribution in [0.3, 0.4) is 0 Å². The van der Waals surface area contributed by atoms with Gasteiger partial charge in [0.2, 0.25) is 0 Å². The topological polar surface area (TPSA) is 67.9 Å². The molecule has 134 valence electrons. The van der Waals surface area contributed by atoms with Crippen LogP contribution < -0.4 is 14.2 Å². The standard InChI is InChI=1S/C17H26N2O4S/c1-13-6-8-19(9-7-13)24(20,21)18-11-14-10-15-4-3-5-16(22-2)17(15)23-12-14/h3-5,13-14,18H,6-12H2,1-2H3/t14-/m1/s1. The van der Waals surface area contributed by atoms with Crippen molar-refractivity contribution < 1.29 is 17.9 Å².